The molecule has 1 amide bonds. The SMILES string of the molecule is Cc1ccc(-c2nc(NC(=O)CN3CCCCC3)cc(-c3nccs3)n2)o1. The number of anilines is 1. The molecule has 0 atom stereocenters. The Hall–Kier alpha value is -2.58. The van der Waals surface area contributed by atoms with E-state index in [0.717, 1.165) is 36.7 Å². The second-order valence-electron chi connectivity index (χ2n) is 6.59. The maximum atomic E-state index is 12.5. The van der Waals surface area contributed by atoms with Crippen molar-refractivity contribution in [2.45, 2.75) is 26.2 Å². The number of thiazole rings is 1. The van der Waals surface area contributed by atoms with E-state index in [1.165, 1.54) is 17.8 Å². The van der Waals surface area contributed by atoms with Gasteiger partial charge in [0.05, 0.1) is 6.54 Å². The zero-order valence-electron chi connectivity index (χ0n) is 15.1. The maximum Gasteiger partial charge on any atom is 0.239 e. The van der Waals surface area contributed by atoms with Gasteiger partial charge in [0.15, 0.2) is 11.6 Å². The number of carbonyl (C=O) groups is 1. The zero-order valence-corrected chi connectivity index (χ0v) is 16.0. The molecule has 1 N–H and O–H groups in total. The van der Waals surface area contributed by atoms with Gasteiger partial charge in [-0.2, -0.15) is 0 Å². The summed E-state index contributed by atoms with van der Waals surface area (Å²) in [5.74, 6) is 2.17. The molecule has 0 spiro atoms. The number of likely N-dealkylation sites (tertiary alicyclic amines) is 1. The van der Waals surface area contributed by atoms with Crippen molar-refractivity contribution in [1.29, 1.82) is 0 Å². The molecule has 1 aliphatic rings. The number of carbonyl (C=O) groups excluding carboxylic acids is 1. The van der Waals surface area contributed by atoms with Crippen molar-refractivity contribution in [3.8, 4) is 22.3 Å². The van der Waals surface area contributed by atoms with Crippen molar-refractivity contribution >= 4 is 23.1 Å². The zero-order chi connectivity index (χ0) is 18.6. The van der Waals surface area contributed by atoms with Crippen LogP contribution in [0.4, 0.5) is 5.82 Å². The molecule has 3 aromatic heterocycles. The molecule has 3 aromatic rings. The number of hydrogen-bond acceptors (Lipinski definition) is 7. The molecule has 0 aromatic carbocycles. The molecule has 4 heterocycles. The molecule has 0 saturated carbocycles. The number of nitrogens with zero attached hydrogens (tertiary/aromatic N) is 4. The average molecular weight is 383 g/mol. The summed E-state index contributed by atoms with van der Waals surface area (Å²) in [6.45, 7) is 4.19. The van der Waals surface area contributed by atoms with Gasteiger partial charge in [0, 0.05) is 17.6 Å². The van der Waals surface area contributed by atoms with Crippen molar-refractivity contribution in [3.63, 3.8) is 0 Å². The van der Waals surface area contributed by atoms with E-state index in [0.29, 0.717) is 29.6 Å². The first kappa shape index (κ1) is 17.8. The first-order valence-electron chi connectivity index (χ1n) is 9.05. The largest absolute Gasteiger partial charge is 0.458 e. The number of piperidine rings is 1. The Balaban J connectivity index is 1.59. The lowest BCUT2D eigenvalue weighted by Gasteiger charge is -2.25. The maximum absolute atomic E-state index is 12.5. The molecule has 0 unspecified atom stereocenters. The number of amides is 1. The smallest absolute Gasteiger partial charge is 0.239 e. The summed E-state index contributed by atoms with van der Waals surface area (Å²) in [5, 5.41) is 5.58. The van der Waals surface area contributed by atoms with Crippen LogP contribution in [-0.4, -0.2) is 45.4 Å². The average Bonchev–Trinajstić information content (AvgIpc) is 3.34. The van der Waals surface area contributed by atoms with E-state index >= 15 is 0 Å². The van der Waals surface area contributed by atoms with Crippen LogP contribution in [0.15, 0.2) is 34.2 Å². The molecule has 0 radical (unpaired) electrons. The van der Waals surface area contributed by atoms with Crippen LogP contribution in [-0.2, 0) is 4.79 Å². The lowest BCUT2D eigenvalue weighted by Crippen LogP contribution is -2.37. The number of nitrogens with one attached hydrogen (secondary N) is 1. The molecule has 1 fully saturated rings. The molecule has 4 rings (SSSR count). The highest BCUT2D eigenvalue weighted by molar-refractivity contribution is 7.13. The third-order valence-corrected chi connectivity index (χ3v) is 5.22. The van der Waals surface area contributed by atoms with Crippen LogP contribution in [0.2, 0.25) is 0 Å². The fourth-order valence-corrected chi connectivity index (χ4v) is 3.74. The van der Waals surface area contributed by atoms with Gasteiger partial charge in [0.1, 0.15) is 22.3 Å². The predicted molar refractivity (Wildman–Crippen MR) is 104 cm³/mol. The topological polar surface area (TPSA) is 84.2 Å². The van der Waals surface area contributed by atoms with E-state index in [9.17, 15) is 4.79 Å². The summed E-state index contributed by atoms with van der Waals surface area (Å²) < 4.78 is 5.66. The van der Waals surface area contributed by atoms with Crippen LogP contribution in [0.3, 0.4) is 0 Å². The summed E-state index contributed by atoms with van der Waals surface area (Å²) in [6, 6.07) is 5.45. The van der Waals surface area contributed by atoms with Crippen LogP contribution in [0.25, 0.3) is 22.3 Å². The normalized spacial score (nSPS) is 15.0. The van der Waals surface area contributed by atoms with Crippen molar-refractivity contribution < 1.29 is 9.21 Å². The van der Waals surface area contributed by atoms with E-state index < -0.39 is 0 Å². The van der Waals surface area contributed by atoms with Gasteiger partial charge < -0.3 is 9.73 Å². The van der Waals surface area contributed by atoms with Crippen molar-refractivity contribution in [1.82, 2.24) is 19.9 Å². The summed E-state index contributed by atoms with van der Waals surface area (Å²) in [5.41, 5.74) is 0.664. The number of hydrogen-bond donors (Lipinski definition) is 1. The van der Waals surface area contributed by atoms with E-state index in [-0.39, 0.29) is 5.91 Å². The van der Waals surface area contributed by atoms with Crippen LogP contribution in [0.5, 0.6) is 0 Å². The molecule has 0 bridgehead atoms. The third kappa shape index (κ3) is 4.40. The highest BCUT2D eigenvalue weighted by Gasteiger charge is 2.17. The Morgan fingerprint density at radius 1 is 1.26 bits per heavy atom. The van der Waals surface area contributed by atoms with Crippen molar-refractivity contribution in [2.75, 3.05) is 25.0 Å². The Labute approximate surface area is 161 Å². The quantitative estimate of drug-likeness (QED) is 0.725. The minimum Gasteiger partial charge on any atom is -0.458 e. The first-order valence-corrected chi connectivity index (χ1v) is 9.93. The molecule has 140 valence electrons. The fourth-order valence-electron chi connectivity index (χ4n) is 3.14. The molecule has 0 aliphatic carbocycles. The Kier molecular flexibility index (Phi) is 5.26. The molecule has 1 aliphatic heterocycles. The molecule has 7 nitrogen and oxygen atoms in total. The minimum atomic E-state index is -0.0673. The van der Waals surface area contributed by atoms with Gasteiger partial charge in [-0.3, -0.25) is 9.69 Å². The Morgan fingerprint density at radius 2 is 2.11 bits per heavy atom. The van der Waals surface area contributed by atoms with E-state index in [1.807, 2.05) is 24.4 Å². The summed E-state index contributed by atoms with van der Waals surface area (Å²) in [4.78, 5) is 28.0. The standard InChI is InChI=1S/C19H21N5O2S/c1-13-5-6-15(26-13)18-21-14(19-20-7-10-27-19)11-16(23-18)22-17(25)12-24-8-3-2-4-9-24/h5-7,10-11H,2-4,8-9,12H2,1H3,(H,21,22,23,25). The fraction of sp³-hybridized carbons (Fsp3) is 0.368. The summed E-state index contributed by atoms with van der Waals surface area (Å²) in [7, 11) is 0. The summed E-state index contributed by atoms with van der Waals surface area (Å²) >= 11 is 1.49. The van der Waals surface area contributed by atoms with Crippen molar-refractivity contribution in [3.05, 3.63) is 35.5 Å². The number of furan rings is 1. The third-order valence-electron chi connectivity index (χ3n) is 4.42. The molecular weight excluding hydrogens is 362 g/mol. The van der Waals surface area contributed by atoms with E-state index in [1.54, 1.807) is 12.3 Å². The molecular formula is C19H21N5O2S. The van der Waals surface area contributed by atoms with E-state index in [2.05, 4.69) is 25.2 Å². The Morgan fingerprint density at radius 3 is 2.81 bits per heavy atom. The molecule has 1 saturated heterocycles. The van der Waals surface area contributed by atoms with E-state index in [4.69, 9.17) is 4.42 Å². The molecule has 8 heteroatoms. The lowest BCUT2D eigenvalue weighted by atomic mass is 10.1. The minimum absolute atomic E-state index is 0.0673. The predicted octanol–water partition coefficient (Wildman–Crippen LogP) is 3.59. The van der Waals surface area contributed by atoms with Gasteiger partial charge in [-0.25, -0.2) is 15.0 Å². The monoisotopic (exact) mass is 383 g/mol. The van der Waals surface area contributed by atoms with Gasteiger partial charge in [0.2, 0.25) is 5.91 Å². The second-order valence-corrected chi connectivity index (χ2v) is 7.49. The lowest BCUT2D eigenvalue weighted by molar-refractivity contribution is -0.117. The van der Waals surface area contributed by atoms with Crippen LogP contribution < -0.4 is 5.32 Å². The summed E-state index contributed by atoms with van der Waals surface area (Å²) in [6.07, 6.45) is 5.27. The highest BCUT2D eigenvalue weighted by atomic mass is 32.1. The number of aryl methyl sites for hydroxylation is 1. The highest BCUT2D eigenvalue weighted by Crippen LogP contribution is 2.26. The van der Waals surface area contributed by atoms with Gasteiger partial charge in [-0.05, 0) is 45.0 Å². The van der Waals surface area contributed by atoms with Crippen LogP contribution in [0.1, 0.15) is 25.0 Å². The van der Waals surface area contributed by atoms with Gasteiger partial charge in [0.25, 0.3) is 0 Å². The number of rotatable bonds is 5. The van der Waals surface area contributed by atoms with Crippen LogP contribution >= 0.6 is 11.3 Å². The number of aromatic nitrogens is 3. The molecule has 27 heavy (non-hydrogen) atoms. The van der Waals surface area contributed by atoms with Crippen LogP contribution in [0, 0.1) is 6.92 Å². The first-order chi connectivity index (χ1) is 13.2. The second kappa shape index (κ2) is 7.98. The van der Waals surface area contributed by atoms with Gasteiger partial charge in [-0.1, -0.05) is 6.42 Å². The van der Waals surface area contributed by atoms with Gasteiger partial charge >= 0.3 is 0 Å². The Bertz CT molecular complexity index is 916. The van der Waals surface area contributed by atoms with Crippen molar-refractivity contribution in [2.24, 2.45) is 0 Å². The van der Waals surface area contributed by atoms with Gasteiger partial charge in [-0.15, -0.1) is 11.3 Å².